The van der Waals surface area contributed by atoms with E-state index in [9.17, 15) is 30.4 Å². The largest absolute Gasteiger partial charge is 0.673 e. The van der Waals surface area contributed by atoms with Crippen molar-refractivity contribution in [3.05, 3.63) is 34.7 Å². The summed E-state index contributed by atoms with van der Waals surface area (Å²) in [5.74, 6) is 0. The van der Waals surface area contributed by atoms with E-state index in [0.717, 1.165) is 36.6 Å². The zero-order valence-corrected chi connectivity index (χ0v) is 14.8. The van der Waals surface area contributed by atoms with Gasteiger partial charge in [0.2, 0.25) is 0 Å². The summed E-state index contributed by atoms with van der Waals surface area (Å²) in [6.07, 6.45) is 4.09. The van der Waals surface area contributed by atoms with Gasteiger partial charge in [-0.1, -0.05) is 32.8 Å². The Labute approximate surface area is 145 Å². The molecule has 1 atom stereocenters. The number of alkyl halides is 3. The maximum atomic E-state index is 13.4. The monoisotopic (exact) mass is 388 g/mol. The molecule has 0 saturated heterocycles. The highest BCUT2D eigenvalue weighted by Crippen LogP contribution is 2.51. The van der Waals surface area contributed by atoms with Crippen LogP contribution in [0, 0.1) is 0 Å². The van der Waals surface area contributed by atoms with E-state index in [2.05, 4.69) is 0 Å². The highest BCUT2D eigenvalue weighted by molar-refractivity contribution is 7.38. The van der Waals surface area contributed by atoms with E-state index in [0.29, 0.717) is 16.0 Å². The lowest BCUT2D eigenvalue weighted by Gasteiger charge is -2.01. The van der Waals surface area contributed by atoms with Crippen molar-refractivity contribution in [1.29, 1.82) is 0 Å². The summed E-state index contributed by atoms with van der Waals surface area (Å²) >= 11 is 0. The van der Waals surface area contributed by atoms with Crippen LogP contribution in [0.4, 0.5) is 30.4 Å². The van der Waals surface area contributed by atoms with Crippen LogP contribution in [-0.4, -0.2) is 7.25 Å². The fraction of sp³-hybridized carbons (Fsp3) is 0.500. The van der Waals surface area contributed by atoms with Gasteiger partial charge < -0.3 is 17.3 Å². The Morgan fingerprint density at radius 2 is 1.52 bits per heavy atom. The molecule has 0 spiro atoms. The second kappa shape index (κ2) is 8.92. The zero-order valence-electron chi connectivity index (χ0n) is 14.0. The van der Waals surface area contributed by atoms with E-state index in [1.807, 2.05) is 26.0 Å². The minimum absolute atomic E-state index is 0.481. The third-order valence-electron chi connectivity index (χ3n) is 3.42. The van der Waals surface area contributed by atoms with Crippen LogP contribution in [0.3, 0.4) is 0 Å². The molecule has 0 bridgehead atoms. The molecule has 1 heterocycles. The van der Waals surface area contributed by atoms with Crippen molar-refractivity contribution in [2.75, 3.05) is 0 Å². The normalized spacial score (nSPS) is 12.9. The fourth-order valence-corrected chi connectivity index (χ4v) is 4.55. The molecule has 0 aliphatic rings. The van der Waals surface area contributed by atoms with E-state index < -0.39 is 23.2 Å². The molecule has 2 aromatic rings. The minimum Gasteiger partial charge on any atom is -0.418 e. The van der Waals surface area contributed by atoms with E-state index >= 15 is 0 Å². The molecule has 9 heteroatoms. The van der Waals surface area contributed by atoms with Crippen molar-refractivity contribution in [3.63, 3.8) is 0 Å². The van der Waals surface area contributed by atoms with Gasteiger partial charge in [0.05, 0.1) is 10.5 Å². The van der Waals surface area contributed by atoms with Crippen molar-refractivity contribution >= 4 is 27.8 Å². The molecule has 0 amide bonds. The van der Waals surface area contributed by atoms with Crippen molar-refractivity contribution in [2.24, 2.45) is 0 Å². The number of hydrogen-bond donors (Lipinski definition) is 0. The fourth-order valence-electron chi connectivity index (χ4n) is 2.49. The Morgan fingerprint density at radius 1 is 0.920 bits per heavy atom. The Balaban J connectivity index is 0.000000550. The molecule has 0 nitrogen and oxygen atoms in total. The van der Waals surface area contributed by atoms with Gasteiger partial charge in [-0.25, -0.2) is 0 Å². The van der Waals surface area contributed by atoms with Crippen molar-refractivity contribution < 1.29 is 30.4 Å². The van der Waals surface area contributed by atoms with Crippen LogP contribution in [0.25, 0.3) is 10.1 Å². The molecule has 2 rings (SSSR count). The van der Waals surface area contributed by atoms with Gasteiger partial charge in [-0.2, -0.15) is 0 Å². The third-order valence-corrected chi connectivity index (χ3v) is 5.53. The Bertz CT molecular complexity index is 667. The summed E-state index contributed by atoms with van der Waals surface area (Å²) in [6, 6.07) is 7.34. The SMILES string of the molecule is CCCCc1cc2ccc(CCC)cc2[s+]1C(F)(F)F.F[B-](F)(F)F. The summed E-state index contributed by atoms with van der Waals surface area (Å²) < 4.78 is 79.7. The van der Waals surface area contributed by atoms with Crippen LogP contribution in [0.5, 0.6) is 0 Å². The van der Waals surface area contributed by atoms with E-state index in [-0.39, 0.29) is 0 Å². The summed E-state index contributed by atoms with van der Waals surface area (Å²) in [5.41, 5.74) is -3.14. The van der Waals surface area contributed by atoms with Crippen molar-refractivity contribution in [2.45, 2.75) is 51.5 Å². The van der Waals surface area contributed by atoms with Crippen LogP contribution in [0.2, 0.25) is 0 Å². The van der Waals surface area contributed by atoms with Gasteiger partial charge in [-0.15, -0.1) is 13.2 Å². The minimum atomic E-state index is -6.00. The predicted octanol–water partition coefficient (Wildman–Crippen LogP) is 7.66. The smallest absolute Gasteiger partial charge is 0.418 e. The number of fused-ring (bicyclic) bond motifs is 1. The first-order valence-electron chi connectivity index (χ1n) is 7.99. The lowest BCUT2D eigenvalue weighted by atomic mass is 10.1. The third kappa shape index (κ3) is 7.26. The molecule has 0 aliphatic carbocycles. The van der Waals surface area contributed by atoms with E-state index in [4.69, 9.17) is 0 Å². The van der Waals surface area contributed by atoms with Gasteiger partial charge in [0, 0.05) is 23.9 Å². The highest BCUT2D eigenvalue weighted by Gasteiger charge is 2.47. The summed E-state index contributed by atoms with van der Waals surface area (Å²) in [4.78, 5) is 0.558. The van der Waals surface area contributed by atoms with E-state index in [1.165, 1.54) is 0 Å². The number of thiophene rings is 1. The summed E-state index contributed by atoms with van der Waals surface area (Å²) in [7, 11) is -7.71. The molecule has 0 saturated carbocycles. The lowest BCUT2D eigenvalue weighted by molar-refractivity contribution is -0.0867. The average molecular weight is 388 g/mol. The molecule has 142 valence electrons. The van der Waals surface area contributed by atoms with Gasteiger partial charge in [0.15, 0.2) is 9.58 Å². The second-order valence-electron chi connectivity index (χ2n) is 5.58. The standard InChI is InChI=1S/C16H20F3S.BF4/c1-3-5-7-14-11-13-9-8-12(6-4-2)10-15(13)20(14)16(17,18)19;2-1(3,4)5/h8-11H,3-7H2,1-2H3;/q+1;-1. The van der Waals surface area contributed by atoms with Gasteiger partial charge in [0.1, 0.15) is 0 Å². The molecule has 1 aromatic heterocycles. The summed E-state index contributed by atoms with van der Waals surface area (Å²) in [6.45, 7) is 4.05. The van der Waals surface area contributed by atoms with Gasteiger partial charge in [-0.05, 0) is 24.5 Å². The Hall–Kier alpha value is -1.25. The molecule has 1 unspecified atom stereocenters. The maximum absolute atomic E-state index is 13.4. The molecule has 0 N–H and O–H groups in total. The number of unbranched alkanes of at least 4 members (excludes halogenated alkanes) is 1. The topological polar surface area (TPSA) is 0 Å². The highest BCUT2D eigenvalue weighted by atomic mass is 32.2. The number of aryl methyl sites for hydroxylation is 2. The maximum Gasteiger partial charge on any atom is 0.673 e. The lowest BCUT2D eigenvalue weighted by Crippen LogP contribution is -2.02. The Kier molecular flexibility index (Phi) is 7.77. The first-order chi connectivity index (χ1) is 11.5. The summed E-state index contributed by atoms with van der Waals surface area (Å²) in [5, 5.41) is 0.761. The number of rotatable bonds is 5. The zero-order chi connectivity index (χ0) is 19.3. The van der Waals surface area contributed by atoms with Crippen LogP contribution in [0.1, 0.15) is 43.6 Å². The quantitative estimate of drug-likeness (QED) is 0.280. The predicted molar refractivity (Wildman–Crippen MR) is 90.5 cm³/mol. The Morgan fingerprint density at radius 3 is 2.00 bits per heavy atom. The van der Waals surface area contributed by atoms with Crippen molar-refractivity contribution in [3.8, 4) is 0 Å². The van der Waals surface area contributed by atoms with Crippen LogP contribution < -0.4 is 0 Å². The average Bonchev–Trinajstić information content (AvgIpc) is 2.81. The first-order valence-corrected chi connectivity index (χ1v) is 9.21. The van der Waals surface area contributed by atoms with Gasteiger partial charge >= 0.3 is 12.8 Å². The second-order valence-corrected chi connectivity index (χ2v) is 7.62. The van der Waals surface area contributed by atoms with Crippen LogP contribution in [0.15, 0.2) is 24.3 Å². The van der Waals surface area contributed by atoms with E-state index in [1.54, 1.807) is 12.1 Å². The molecule has 1 aromatic carbocycles. The van der Waals surface area contributed by atoms with Crippen LogP contribution in [-0.2, 0) is 18.3 Å². The number of hydrogen-bond acceptors (Lipinski definition) is 0. The molecular formula is C16H20BF7S. The van der Waals surface area contributed by atoms with Gasteiger partial charge in [0.25, 0.3) is 0 Å². The number of halogens is 7. The van der Waals surface area contributed by atoms with Gasteiger partial charge in [-0.3, -0.25) is 0 Å². The molecular weight excluding hydrogens is 368 g/mol. The van der Waals surface area contributed by atoms with Crippen molar-refractivity contribution in [1.82, 2.24) is 0 Å². The molecule has 0 fully saturated rings. The molecule has 25 heavy (non-hydrogen) atoms. The first kappa shape index (κ1) is 21.8. The van der Waals surface area contributed by atoms with Crippen LogP contribution >= 0.6 is 10.5 Å². The molecule has 0 radical (unpaired) electrons. The number of benzene rings is 1. The molecule has 0 aliphatic heterocycles.